The Labute approximate surface area is 163 Å². The highest BCUT2D eigenvalue weighted by Crippen LogP contribution is 2.18. The lowest BCUT2D eigenvalue weighted by molar-refractivity contribution is -0.114. The minimum atomic E-state index is -0.375. The molecule has 1 aliphatic rings. The molecule has 146 valence electrons. The average molecular weight is 380 g/mol. The Morgan fingerprint density at radius 2 is 1.54 bits per heavy atom. The molecular formula is C21H24N4O3. The van der Waals surface area contributed by atoms with E-state index < -0.39 is 0 Å². The Bertz CT molecular complexity index is 875. The highest BCUT2D eigenvalue weighted by atomic mass is 16.2. The molecule has 2 aromatic rings. The van der Waals surface area contributed by atoms with Gasteiger partial charge in [-0.15, -0.1) is 0 Å². The number of amides is 3. The van der Waals surface area contributed by atoms with Gasteiger partial charge in [-0.25, -0.2) is 0 Å². The van der Waals surface area contributed by atoms with Gasteiger partial charge in [0.05, 0.1) is 11.1 Å². The quantitative estimate of drug-likeness (QED) is 0.740. The van der Waals surface area contributed by atoms with E-state index >= 15 is 0 Å². The van der Waals surface area contributed by atoms with Crippen LogP contribution in [-0.4, -0.2) is 28.7 Å². The molecule has 3 amide bonds. The minimum Gasteiger partial charge on any atom is -0.349 e. The second kappa shape index (κ2) is 9.12. The van der Waals surface area contributed by atoms with Gasteiger partial charge in [-0.05, 0) is 37.1 Å². The summed E-state index contributed by atoms with van der Waals surface area (Å²) in [5.41, 5.74) is 1.78. The van der Waals surface area contributed by atoms with Crippen LogP contribution in [0.1, 0.15) is 59.7 Å². The maximum atomic E-state index is 12.5. The van der Waals surface area contributed by atoms with E-state index in [0.29, 0.717) is 22.5 Å². The molecule has 0 spiro atoms. The van der Waals surface area contributed by atoms with E-state index in [4.69, 9.17) is 0 Å². The van der Waals surface area contributed by atoms with Crippen molar-refractivity contribution in [2.45, 2.75) is 45.1 Å². The monoisotopic (exact) mass is 380 g/mol. The molecule has 1 saturated carbocycles. The lowest BCUT2D eigenvalue weighted by Gasteiger charge is -2.22. The highest BCUT2D eigenvalue weighted by molar-refractivity contribution is 6.06. The predicted octanol–water partition coefficient (Wildman–Crippen LogP) is 3.35. The van der Waals surface area contributed by atoms with Crippen LogP contribution < -0.4 is 16.0 Å². The molecule has 0 bridgehead atoms. The molecular weight excluding hydrogens is 356 g/mol. The molecule has 7 heteroatoms. The molecule has 0 aliphatic heterocycles. The van der Waals surface area contributed by atoms with Gasteiger partial charge in [0.1, 0.15) is 0 Å². The third-order valence-corrected chi connectivity index (χ3v) is 4.64. The SMILES string of the molecule is CC(=O)Nc1cccc(NC(=O)c2cncc(C(=O)NC3CCCCC3)c2)c1. The van der Waals surface area contributed by atoms with Gasteiger partial charge in [0.2, 0.25) is 5.91 Å². The molecule has 7 nitrogen and oxygen atoms in total. The van der Waals surface area contributed by atoms with Crippen molar-refractivity contribution in [3.8, 4) is 0 Å². The number of benzene rings is 1. The maximum absolute atomic E-state index is 12.5. The third-order valence-electron chi connectivity index (χ3n) is 4.64. The Morgan fingerprint density at radius 1 is 0.893 bits per heavy atom. The average Bonchev–Trinajstić information content (AvgIpc) is 2.68. The van der Waals surface area contributed by atoms with Crippen molar-refractivity contribution >= 4 is 29.1 Å². The van der Waals surface area contributed by atoms with Crippen molar-refractivity contribution in [3.05, 3.63) is 53.9 Å². The second-order valence-electron chi connectivity index (χ2n) is 6.99. The number of aromatic nitrogens is 1. The summed E-state index contributed by atoms with van der Waals surface area (Å²) in [6.07, 6.45) is 8.34. The Hall–Kier alpha value is -3.22. The van der Waals surface area contributed by atoms with Crippen molar-refractivity contribution in [1.82, 2.24) is 10.3 Å². The van der Waals surface area contributed by atoms with Crippen LogP contribution in [0.15, 0.2) is 42.7 Å². The summed E-state index contributed by atoms with van der Waals surface area (Å²) in [6.45, 7) is 1.42. The lowest BCUT2D eigenvalue weighted by Crippen LogP contribution is -2.36. The highest BCUT2D eigenvalue weighted by Gasteiger charge is 2.18. The fourth-order valence-electron chi connectivity index (χ4n) is 3.29. The smallest absolute Gasteiger partial charge is 0.257 e. The minimum absolute atomic E-state index is 0.190. The van der Waals surface area contributed by atoms with Crippen LogP contribution in [0.25, 0.3) is 0 Å². The molecule has 0 saturated heterocycles. The van der Waals surface area contributed by atoms with Gasteiger partial charge in [0.15, 0.2) is 0 Å². The zero-order chi connectivity index (χ0) is 19.9. The number of hydrogen-bond donors (Lipinski definition) is 3. The van der Waals surface area contributed by atoms with Gasteiger partial charge < -0.3 is 16.0 Å². The van der Waals surface area contributed by atoms with Crippen LogP contribution in [0.4, 0.5) is 11.4 Å². The van der Waals surface area contributed by atoms with Crippen molar-refractivity contribution in [1.29, 1.82) is 0 Å². The molecule has 1 aromatic heterocycles. The number of hydrogen-bond acceptors (Lipinski definition) is 4. The molecule has 3 rings (SSSR count). The Morgan fingerprint density at radius 3 is 2.21 bits per heavy atom. The van der Waals surface area contributed by atoms with Gasteiger partial charge in [-0.2, -0.15) is 0 Å². The summed E-state index contributed by atoms with van der Waals surface area (Å²) < 4.78 is 0. The topological polar surface area (TPSA) is 100 Å². The third kappa shape index (κ3) is 5.39. The predicted molar refractivity (Wildman–Crippen MR) is 107 cm³/mol. The molecule has 1 heterocycles. The van der Waals surface area contributed by atoms with Crippen molar-refractivity contribution in [2.75, 3.05) is 10.6 Å². The van der Waals surface area contributed by atoms with Crippen molar-refractivity contribution in [3.63, 3.8) is 0 Å². The summed E-state index contributed by atoms with van der Waals surface area (Å²) in [5.74, 6) is -0.772. The van der Waals surface area contributed by atoms with Gasteiger partial charge in [-0.3, -0.25) is 19.4 Å². The van der Waals surface area contributed by atoms with Crippen LogP contribution in [-0.2, 0) is 4.79 Å². The first-order valence-electron chi connectivity index (χ1n) is 9.46. The molecule has 0 unspecified atom stereocenters. The fraction of sp³-hybridized carbons (Fsp3) is 0.333. The van der Waals surface area contributed by atoms with Crippen LogP contribution in [0, 0.1) is 0 Å². The lowest BCUT2D eigenvalue weighted by atomic mass is 9.95. The second-order valence-corrected chi connectivity index (χ2v) is 6.99. The van der Waals surface area contributed by atoms with Gasteiger partial charge in [0, 0.05) is 36.7 Å². The maximum Gasteiger partial charge on any atom is 0.257 e. The summed E-state index contributed by atoms with van der Waals surface area (Å²) in [7, 11) is 0. The van der Waals surface area contributed by atoms with Gasteiger partial charge in [0.25, 0.3) is 11.8 Å². The molecule has 1 fully saturated rings. The summed E-state index contributed by atoms with van der Waals surface area (Å²) >= 11 is 0. The van der Waals surface area contributed by atoms with Crippen LogP contribution in [0.2, 0.25) is 0 Å². The van der Waals surface area contributed by atoms with Crippen LogP contribution in [0.5, 0.6) is 0 Å². The zero-order valence-electron chi connectivity index (χ0n) is 15.8. The van der Waals surface area contributed by atoms with Crippen molar-refractivity contribution < 1.29 is 14.4 Å². The molecule has 1 aliphatic carbocycles. The van der Waals surface area contributed by atoms with E-state index in [1.165, 1.54) is 31.8 Å². The van der Waals surface area contributed by atoms with Crippen molar-refractivity contribution in [2.24, 2.45) is 0 Å². The number of nitrogens with one attached hydrogen (secondary N) is 3. The first kappa shape index (κ1) is 19.5. The molecule has 3 N–H and O–H groups in total. The van der Waals surface area contributed by atoms with Gasteiger partial charge in [-0.1, -0.05) is 25.3 Å². The fourth-order valence-corrected chi connectivity index (χ4v) is 3.29. The molecule has 28 heavy (non-hydrogen) atoms. The van der Waals surface area contributed by atoms with Crippen LogP contribution in [0.3, 0.4) is 0 Å². The number of carbonyl (C=O) groups excluding carboxylic acids is 3. The van der Waals surface area contributed by atoms with E-state index in [1.807, 2.05) is 0 Å². The molecule has 1 aromatic carbocycles. The van der Waals surface area contributed by atoms with E-state index in [0.717, 1.165) is 25.7 Å². The first-order valence-corrected chi connectivity index (χ1v) is 9.46. The molecule has 0 radical (unpaired) electrons. The van der Waals surface area contributed by atoms with Crippen LogP contribution >= 0.6 is 0 Å². The van der Waals surface area contributed by atoms with E-state index in [-0.39, 0.29) is 23.8 Å². The van der Waals surface area contributed by atoms with E-state index in [9.17, 15) is 14.4 Å². The van der Waals surface area contributed by atoms with Gasteiger partial charge >= 0.3 is 0 Å². The van der Waals surface area contributed by atoms with E-state index in [1.54, 1.807) is 24.3 Å². The normalized spacial score (nSPS) is 14.2. The number of anilines is 2. The summed E-state index contributed by atoms with van der Waals surface area (Å²) in [6, 6.07) is 8.57. The number of carbonyl (C=O) groups is 3. The number of rotatable bonds is 5. The summed E-state index contributed by atoms with van der Waals surface area (Å²) in [4.78, 5) is 40.2. The van der Waals surface area contributed by atoms with E-state index in [2.05, 4.69) is 20.9 Å². The largest absolute Gasteiger partial charge is 0.349 e. The Kier molecular flexibility index (Phi) is 6.37. The Balaban J connectivity index is 1.66. The first-order chi connectivity index (χ1) is 13.5. The summed E-state index contributed by atoms with van der Waals surface area (Å²) in [5, 5.41) is 8.45. The zero-order valence-corrected chi connectivity index (χ0v) is 15.8. The standard InChI is InChI=1S/C21H24N4O3/c1-14(26)23-18-8-5-9-19(11-18)25-21(28)16-10-15(12-22-13-16)20(27)24-17-6-3-2-4-7-17/h5,8-13,17H,2-4,6-7H2,1H3,(H,23,26)(H,24,27)(H,25,28). The number of nitrogens with zero attached hydrogens (tertiary/aromatic N) is 1. The molecule has 0 atom stereocenters. The number of pyridine rings is 1.